The van der Waals surface area contributed by atoms with Crippen LogP contribution >= 0.6 is 0 Å². The average molecular weight is 243 g/mol. The second kappa shape index (κ2) is 5.23. The van der Waals surface area contributed by atoms with Crippen LogP contribution in [0.25, 0.3) is 0 Å². The van der Waals surface area contributed by atoms with Gasteiger partial charge in [0.15, 0.2) is 11.6 Å². The monoisotopic (exact) mass is 243 g/mol. The standard InChI is InChI=1S/C12H15F2NO2/c1-12(2,17)7-15-10(16)6-8-4-3-5-9(13)11(8)14/h3-5,17H,6-7H2,1-2H3,(H,15,16). The van der Waals surface area contributed by atoms with Crippen LogP contribution in [0.15, 0.2) is 18.2 Å². The van der Waals surface area contributed by atoms with Crippen LogP contribution in [-0.4, -0.2) is 23.2 Å². The highest BCUT2D eigenvalue weighted by molar-refractivity contribution is 5.78. The Bertz CT molecular complexity index is 413. The van der Waals surface area contributed by atoms with Crippen LogP contribution in [0, 0.1) is 11.6 Å². The normalized spacial score (nSPS) is 11.4. The second-order valence-corrected chi connectivity index (χ2v) is 4.48. The van der Waals surface area contributed by atoms with Gasteiger partial charge in [-0.05, 0) is 19.9 Å². The van der Waals surface area contributed by atoms with Gasteiger partial charge in [0.25, 0.3) is 0 Å². The van der Waals surface area contributed by atoms with Crippen LogP contribution in [0.4, 0.5) is 8.78 Å². The number of rotatable bonds is 4. The molecule has 0 spiro atoms. The lowest BCUT2D eigenvalue weighted by Gasteiger charge is -2.17. The average Bonchev–Trinajstić information content (AvgIpc) is 2.21. The van der Waals surface area contributed by atoms with Gasteiger partial charge in [0.1, 0.15) is 0 Å². The third-order valence-electron chi connectivity index (χ3n) is 2.10. The molecule has 0 aliphatic carbocycles. The first kappa shape index (κ1) is 13.6. The molecule has 0 fully saturated rings. The molecule has 0 saturated carbocycles. The lowest BCUT2D eigenvalue weighted by atomic mass is 10.1. The van der Waals surface area contributed by atoms with E-state index in [1.165, 1.54) is 26.0 Å². The van der Waals surface area contributed by atoms with Crippen molar-refractivity contribution in [3.63, 3.8) is 0 Å². The first-order chi connectivity index (χ1) is 7.79. The molecule has 0 bridgehead atoms. The minimum atomic E-state index is -1.03. The fourth-order valence-electron chi connectivity index (χ4n) is 1.24. The van der Waals surface area contributed by atoms with E-state index in [1.54, 1.807) is 0 Å². The molecule has 0 saturated heterocycles. The van der Waals surface area contributed by atoms with Gasteiger partial charge in [0, 0.05) is 12.1 Å². The van der Waals surface area contributed by atoms with E-state index >= 15 is 0 Å². The van der Waals surface area contributed by atoms with Gasteiger partial charge >= 0.3 is 0 Å². The van der Waals surface area contributed by atoms with Crippen molar-refractivity contribution in [3.8, 4) is 0 Å². The quantitative estimate of drug-likeness (QED) is 0.839. The van der Waals surface area contributed by atoms with Gasteiger partial charge in [-0.1, -0.05) is 12.1 Å². The molecular weight excluding hydrogens is 228 g/mol. The summed E-state index contributed by atoms with van der Waals surface area (Å²) in [5.74, 6) is -2.44. The van der Waals surface area contributed by atoms with Crippen molar-refractivity contribution in [2.24, 2.45) is 0 Å². The van der Waals surface area contributed by atoms with Gasteiger partial charge in [-0.2, -0.15) is 0 Å². The van der Waals surface area contributed by atoms with Gasteiger partial charge < -0.3 is 10.4 Å². The Hall–Kier alpha value is -1.49. The number of nitrogens with one attached hydrogen (secondary N) is 1. The summed E-state index contributed by atoms with van der Waals surface area (Å²) in [5.41, 5.74) is -1.03. The number of hydrogen-bond donors (Lipinski definition) is 2. The molecule has 0 heterocycles. The predicted molar refractivity (Wildman–Crippen MR) is 59.4 cm³/mol. The summed E-state index contributed by atoms with van der Waals surface area (Å²) in [6.07, 6.45) is -0.250. The van der Waals surface area contributed by atoms with Crippen LogP contribution in [-0.2, 0) is 11.2 Å². The SMILES string of the molecule is CC(C)(O)CNC(=O)Cc1cccc(F)c1F. The molecule has 0 aliphatic heterocycles. The molecule has 0 unspecified atom stereocenters. The van der Waals surface area contributed by atoms with Crippen molar-refractivity contribution in [2.75, 3.05) is 6.54 Å². The minimum Gasteiger partial charge on any atom is -0.389 e. The smallest absolute Gasteiger partial charge is 0.224 e. The summed E-state index contributed by atoms with van der Waals surface area (Å²) < 4.78 is 26.1. The third kappa shape index (κ3) is 4.48. The summed E-state index contributed by atoms with van der Waals surface area (Å²) in [6, 6.07) is 3.69. The number of hydrogen-bond acceptors (Lipinski definition) is 2. The van der Waals surface area contributed by atoms with E-state index in [4.69, 9.17) is 0 Å². The second-order valence-electron chi connectivity index (χ2n) is 4.48. The number of aliphatic hydroxyl groups is 1. The molecule has 1 aromatic carbocycles. The van der Waals surface area contributed by atoms with E-state index in [0.29, 0.717) is 0 Å². The Labute approximate surface area is 98.5 Å². The van der Waals surface area contributed by atoms with Crippen molar-refractivity contribution in [1.82, 2.24) is 5.32 Å². The van der Waals surface area contributed by atoms with Crippen LogP contribution < -0.4 is 5.32 Å². The van der Waals surface area contributed by atoms with Crippen molar-refractivity contribution in [3.05, 3.63) is 35.4 Å². The highest BCUT2D eigenvalue weighted by Gasteiger charge is 2.15. The van der Waals surface area contributed by atoms with Crippen LogP contribution in [0.3, 0.4) is 0 Å². The zero-order valence-corrected chi connectivity index (χ0v) is 9.76. The number of carbonyl (C=O) groups excluding carboxylic acids is 1. The molecule has 0 atom stereocenters. The Kier molecular flexibility index (Phi) is 4.17. The molecule has 1 amide bonds. The third-order valence-corrected chi connectivity index (χ3v) is 2.10. The predicted octanol–water partition coefficient (Wildman–Crippen LogP) is 1.39. The first-order valence-electron chi connectivity index (χ1n) is 5.21. The molecular formula is C12H15F2NO2. The first-order valence-corrected chi connectivity index (χ1v) is 5.21. The number of benzene rings is 1. The number of carbonyl (C=O) groups is 1. The lowest BCUT2D eigenvalue weighted by molar-refractivity contribution is -0.121. The van der Waals surface area contributed by atoms with Crippen molar-refractivity contribution in [1.29, 1.82) is 0 Å². The Balaban J connectivity index is 2.60. The Morgan fingerprint density at radius 2 is 2.06 bits per heavy atom. The molecule has 1 aromatic rings. The van der Waals surface area contributed by atoms with Gasteiger partial charge in [0.2, 0.25) is 5.91 Å². The zero-order valence-electron chi connectivity index (χ0n) is 9.76. The Morgan fingerprint density at radius 1 is 1.41 bits per heavy atom. The fourth-order valence-corrected chi connectivity index (χ4v) is 1.24. The molecule has 17 heavy (non-hydrogen) atoms. The summed E-state index contributed by atoms with van der Waals surface area (Å²) in [7, 11) is 0. The molecule has 3 nitrogen and oxygen atoms in total. The van der Waals surface area contributed by atoms with E-state index in [0.717, 1.165) is 6.07 Å². The lowest BCUT2D eigenvalue weighted by Crippen LogP contribution is -2.38. The van der Waals surface area contributed by atoms with Gasteiger partial charge in [0.05, 0.1) is 12.0 Å². The maximum Gasteiger partial charge on any atom is 0.224 e. The van der Waals surface area contributed by atoms with E-state index in [2.05, 4.69) is 5.32 Å². The van der Waals surface area contributed by atoms with E-state index in [-0.39, 0.29) is 18.5 Å². The van der Waals surface area contributed by atoms with Crippen LogP contribution in [0.2, 0.25) is 0 Å². The Morgan fingerprint density at radius 3 is 2.65 bits per heavy atom. The van der Waals surface area contributed by atoms with Gasteiger partial charge in [-0.15, -0.1) is 0 Å². The van der Waals surface area contributed by atoms with Crippen molar-refractivity contribution in [2.45, 2.75) is 25.9 Å². The fraction of sp³-hybridized carbons (Fsp3) is 0.417. The number of halogens is 2. The molecule has 94 valence electrons. The van der Waals surface area contributed by atoms with E-state index in [9.17, 15) is 18.7 Å². The summed E-state index contributed by atoms with van der Waals surface area (Å²) in [6.45, 7) is 3.13. The zero-order chi connectivity index (χ0) is 13.1. The highest BCUT2D eigenvalue weighted by atomic mass is 19.2. The molecule has 0 aliphatic rings. The van der Waals surface area contributed by atoms with E-state index < -0.39 is 23.1 Å². The van der Waals surface area contributed by atoms with Crippen molar-refractivity contribution >= 4 is 5.91 Å². The summed E-state index contributed by atoms with van der Waals surface area (Å²) in [5, 5.41) is 11.8. The summed E-state index contributed by atoms with van der Waals surface area (Å²) >= 11 is 0. The maximum absolute atomic E-state index is 13.2. The minimum absolute atomic E-state index is 0.00162. The number of amides is 1. The molecule has 0 aromatic heterocycles. The summed E-state index contributed by atoms with van der Waals surface area (Å²) in [4.78, 5) is 11.4. The maximum atomic E-state index is 13.2. The highest BCUT2D eigenvalue weighted by Crippen LogP contribution is 2.11. The molecule has 2 N–H and O–H groups in total. The van der Waals surface area contributed by atoms with Crippen LogP contribution in [0.5, 0.6) is 0 Å². The largest absolute Gasteiger partial charge is 0.389 e. The molecule has 0 radical (unpaired) electrons. The topological polar surface area (TPSA) is 49.3 Å². The van der Waals surface area contributed by atoms with Gasteiger partial charge in [-0.25, -0.2) is 8.78 Å². The molecule has 1 rings (SSSR count). The van der Waals surface area contributed by atoms with Gasteiger partial charge in [-0.3, -0.25) is 4.79 Å². The van der Waals surface area contributed by atoms with Crippen molar-refractivity contribution < 1.29 is 18.7 Å². The molecule has 5 heteroatoms. The van der Waals surface area contributed by atoms with Crippen LogP contribution in [0.1, 0.15) is 19.4 Å². The van der Waals surface area contributed by atoms with E-state index in [1.807, 2.05) is 0 Å².